The van der Waals surface area contributed by atoms with Crippen molar-refractivity contribution in [2.75, 3.05) is 0 Å². The highest BCUT2D eigenvalue weighted by molar-refractivity contribution is 6.14. The topological polar surface area (TPSA) is 38.0 Å². The molecule has 0 bridgehead atoms. The Kier molecular flexibility index (Phi) is 6.89. The molecule has 0 aliphatic heterocycles. The van der Waals surface area contributed by atoms with Gasteiger partial charge in [-0.1, -0.05) is 48.5 Å². The van der Waals surface area contributed by atoms with Gasteiger partial charge in [0.1, 0.15) is 11.6 Å². The van der Waals surface area contributed by atoms with E-state index in [-0.39, 0.29) is 11.3 Å². The summed E-state index contributed by atoms with van der Waals surface area (Å²) in [5, 5.41) is 15.3. The van der Waals surface area contributed by atoms with Gasteiger partial charge in [0.15, 0.2) is 5.69 Å². The summed E-state index contributed by atoms with van der Waals surface area (Å²) in [6, 6.07) is 33.8. The van der Waals surface area contributed by atoms with Crippen molar-refractivity contribution < 1.29 is 13.2 Å². The van der Waals surface area contributed by atoms with Gasteiger partial charge in [0.05, 0.1) is 40.0 Å². The molecular formula is C43H29F3N4. The Hall–Kier alpha value is -6.31. The number of alkyl halides is 3. The van der Waals surface area contributed by atoms with Crippen molar-refractivity contribution in [3.63, 3.8) is 0 Å². The molecule has 2 aromatic heterocycles. The Bertz CT molecular complexity index is 2550. The Balaban J connectivity index is 1.60. The molecule has 0 aliphatic rings. The lowest BCUT2D eigenvalue weighted by Gasteiger charge is -2.19. The van der Waals surface area contributed by atoms with Crippen LogP contribution in [-0.4, -0.2) is 9.13 Å². The summed E-state index contributed by atoms with van der Waals surface area (Å²) in [5.74, 6) is 0. The number of nitrogens with zero attached hydrogens (tertiary/aromatic N) is 4. The van der Waals surface area contributed by atoms with E-state index in [0.29, 0.717) is 22.5 Å². The molecule has 2 heterocycles. The van der Waals surface area contributed by atoms with Crippen molar-refractivity contribution in [1.82, 2.24) is 9.13 Å². The van der Waals surface area contributed by atoms with Crippen LogP contribution in [0.25, 0.3) is 71.0 Å². The lowest BCUT2D eigenvalue weighted by molar-refractivity contribution is -0.137. The molecule has 50 heavy (non-hydrogen) atoms. The normalized spacial score (nSPS) is 11.9. The quantitative estimate of drug-likeness (QED) is 0.174. The maximum absolute atomic E-state index is 14.2. The number of hydrogen-bond acceptors (Lipinski definition) is 1. The standard InChI is InChI=1S/C43H29F3N4/c1-24-10-6-14-33-39(24)40-25(2)11-7-15-34(40)49(33)37-20-29(28-18-30(43(44,45)46)22-31(19-28)48-5)21-38(32(37)23-47)50-35-16-8-12-26(3)41(35)42-27(4)13-9-17-36(42)50/h6-22H,1-4H3. The van der Waals surface area contributed by atoms with Gasteiger partial charge in [0, 0.05) is 27.1 Å². The second-order valence-corrected chi connectivity index (χ2v) is 12.9. The van der Waals surface area contributed by atoms with Gasteiger partial charge in [-0.15, -0.1) is 0 Å². The van der Waals surface area contributed by atoms with E-state index in [1.807, 2.05) is 48.5 Å². The maximum Gasteiger partial charge on any atom is 0.415 e. The first-order valence-corrected chi connectivity index (χ1v) is 16.2. The van der Waals surface area contributed by atoms with Gasteiger partial charge in [-0.3, -0.25) is 0 Å². The molecule has 6 aromatic carbocycles. The van der Waals surface area contributed by atoms with Crippen LogP contribution in [0.3, 0.4) is 0 Å². The predicted octanol–water partition coefficient (Wildman–Crippen LogP) is 12.2. The molecule has 0 aliphatic carbocycles. The first kappa shape index (κ1) is 31.0. The van der Waals surface area contributed by atoms with Gasteiger partial charge in [-0.2, -0.15) is 18.4 Å². The smallest absolute Gasteiger partial charge is 0.308 e. The lowest BCUT2D eigenvalue weighted by atomic mass is 9.97. The highest BCUT2D eigenvalue weighted by atomic mass is 19.4. The molecule has 0 spiro atoms. The summed E-state index contributed by atoms with van der Waals surface area (Å²) in [6.07, 6.45) is -4.66. The van der Waals surface area contributed by atoms with Crippen molar-refractivity contribution in [2.24, 2.45) is 0 Å². The molecule has 0 atom stereocenters. The van der Waals surface area contributed by atoms with Gasteiger partial charge >= 0.3 is 6.18 Å². The fourth-order valence-electron chi connectivity index (χ4n) is 7.69. The molecule has 0 N–H and O–H groups in total. The number of rotatable bonds is 3. The minimum Gasteiger partial charge on any atom is -0.308 e. The van der Waals surface area contributed by atoms with Gasteiger partial charge in [-0.25, -0.2) is 4.85 Å². The molecule has 0 saturated heterocycles. The van der Waals surface area contributed by atoms with Crippen LogP contribution in [0.4, 0.5) is 18.9 Å². The molecule has 0 amide bonds. The summed E-state index contributed by atoms with van der Waals surface area (Å²) >= 11 is 0. The van der Waals surface area contributed by atoms with Crippen molar-refractivity contribution in [1.29, 1.82) is 5.26 Å². The van der Waals surface area contributed by atoms with Crippen molar-refractivity contribution in [3.8, 4) is 28.6 Å². The molecule has 0 unspecified atom stereocenters. The highest BCUT2D eigenvalue weighted by Crippen LogP contribution is 2.43. The van der Waals surface area contributed by atoms with Gasteiger partial charge < -0.3 is 9.13 Å². The van der Waals surface area contributed by atoms with E-state index in [1.165, 1.54) is 6.07 Å². The number of hydrogen-bond donors (Lipinski definition) is 0. The summed E-state index contributed by atoms with van der Waals surface area (Å²) < 4.78 is 46.8. The third-order valence-corrected chi connectivity index (χ3v) is 9.86. The predicted molar refractivity (Wildman–Crippen MR) is 195 cm³/mol. The van der Waals surface area contributed by atoms with Crippen LogP contribution in [-0.2, 0) is 6.18 Å². The molecule has 8 aromatic rings. The van der Waals surface area contributed by atoms with E-state index < -0.39 is 11.7 Å². The summed E-state index contributed by atoms with van der Waals surface area (Å²) in [4.78, 5) is 3.40. The Morgan fingerprint density at radius 2 is 0.960 bits per heavy atom. The van der Waals surface area contributed by atoms with Crippen LogP contribution in [0.15, 0.2) is 103 Å². The van der Waals surface area contributed by atoms with E-state index in [9.17, 15) is 18.4 Å². The van der Waals surface area contributed by atoms with E-state index in [4.69, 9.17) is 6.57 Å². The van der Waals surface area contributed by atoms with Gasteiger partial charge in [-0.05, 0) is 116 Å². The lowest BCUT2D eigenvalue weighted by Crippen LogP contribution is -2.06. The number of aromatic nitrogens is 2. The van der Waals surface area contributed by atoms with E-state index in [1.54, 1.807) is 12.1 Å². The van der Waals surface area contributed by atoms with E-state index in [0.717, 1.165) is 78.0 Å². The highest BCUT2D eigenvalue weighted by Gasteiger charge is 2.32. The fourth-order valence-corrected chi connectivity index (χ4v) is 7.69. The van der Waals surface area contributed by atoms with Crippen LogP contribution in [0.2, 0.25) is 0 Å². The van der Waals surface area contributed by atoms with E-state index in [2.05, 4.69) is 72.0 Å². The van der Waals surface area contributed by atoms with Crippen molar-refractivity contribution in [2.45, 2.75) is 33.9 Å². The largest absolute Gasteiger partial charge is 0.415 e. The number of benzene rings is 6. The number of halogens is 3. The molecule has 0 fully saturated rings. The average molecular weight is 659 g/mol. The zero-order valence-electron chi connectivity index (χ0n) is 27.7. The number of aryl methyl sites for hydroxylation is 4. The van der Waals surface area contributed by atoms with Crippen LogP contribution < -0.4 is 0 Å². The first-order chi connectivity index (χ1) is 24.0. The number of nitriles is 1. The molecule has 0 saturated carbocycles. The van der Waals surface area contributed by atoms with E-state index >= 15 is 0 Å². The number of fused-ring (bicyclic) bond motifs is 6. The Morgan fingerprint density at radius 1 is 0.580 bits per heavy atom. The van der Waals surface area contributed by atoms with Gasteiger partial charge in [0.2, 0.25) is 0 Å². The second kappa shape index (κ2) is 11.1. The first-order valence-electron chi connectivity index (χ1n) is 16.2. The molecule has 8 rings (SSSR count). The van der Waals surface area contributed by atoms with Gasteiger partial charge in [0.25, 0.3) is 0 Å². The fraction of sp³-hybridized carbons (Fsp3) is 0.116. The average Bonchev–Trinajstić information content (AvgIpc) is 3.63. The third-order valence-electron chi connectivity index (χ3n) is 9.86. The maximum atomic E-state index is 14.2. The minimum absolute atomic E-state index is 0.117. The summed E-state index contributed by atoms with van der Waals surface area (Å²) in [6.45, 7) is 15.9. The summed E-state index contributed by atoms with van der Waals surface area (Å²) in [7, 11) is 0. The molecular weight excluding hydrogens is 629 g/mol. The minimum atomic E-state index is -4.66. The monoisotopic (exact) mass is 658 g/mol. The van der Waals surface area contributed by atoms with Crippen molar-refractivity contribution in [3.05, 3.63) is 148 Å². The van der Waals surface area contributed by atoms with Crippen LogP contribution >= 0.6 is 0 Å². The zero-order chi connectivity index (χ0) is 35.1. The summed E-state index contributed by atoms with van der Waals surface area (Å²) in [5.41, 5.74) is 8.93. The van der Waals surface area contributed by atoms with Crippen molar-refractivity contribution >= 4 is 49.3 Å². The third kappa shape index (κ3) is 4.51. The zero-order valence-corrected chi connectivity index (χ0v) is 27.7. The SMILES string of the molecule is [C-]#[N+]c1cc(-c2cc(-n3c4cccc(C)c4c4c(C)cccc43)c(C#N)c(-n3c4cccc(C)c4c4c(C)cccc43)c2)cc(C(F)(F)F)c1. The second-order valence-electron chi connectivity index (χ2n) is 12.9. The molecule has 242 valence electrons. The van der Waals surface area contributed by atoms with Crippen LogP contribution in [0, 0.1) is 45.6 Å². The molecule has 7 heteroatoms. The van der Waals surface area contributed by atoms with Crippen LogP contribution in [0.1, 0.15) is 33.4 Å². The van der Waals surface area contributed by atoms with Crippen LogP contribution in [0.5, 0.6) is 0 Å². The molecule has 0 radical (unpaired) electrons. The Labute approximate surface area is 286 Å². The Morgan fingerprint density at radius 3 is 1.30 bits per heavy atom. The molecule has 4 nitrogen and oxygen atoms in total.